The van der Waals surface area contributed by atoms with Crippen molar-refractivity contribution in [3.05, 3.63) is 0 Å². The van der Waals surface area contributed by atoms with E-state index in [1.54, 1.807) is 0 Å². The summed E-state index contributed by atoms with van der Waals surface area (Å²) in [4.78, 5) is 12.0. The fourth-order valence-electron chi connectivity index (χ4n) is 2.32. The van der Waals surface area contributed by atoms with Gasteiger partial charge in [-0.25, -0.2) is 0 Å². The van der Waals surface area contributed by atoms with E-state index in [1.165, 1.54) is 0 Å². The van der Waals surface area contributed by atoms with Crippen LogP contribution in [-0.4, -0.2) is 29.2 Å². The molecule has 1 rings (SSSR count). The maximum Gasteiger partial charge on any atom is 0.237 e. The topological polar surface area (TPSA) is 75.3 Å². The van der Waals surface area contributed by atoms with Gasteiger partial charge in [-0.05, 0) is 36.5 Å². The third kappa shape index (κ3) is 4.77. The van der Waals surface area contributed by atoms with Crippen LogP contribution >= 0.6 is 0 Å². The molecule has 1 aliphatic rings. The first-order chi connectivity index (χ1) is 8.45. The van der Waals surface area contributed by atoms with E-state index in [0.717, 1.165) is 25.7 Å². The molecule has 1 amide bonds. The van der Waals surface area contributed by atoms with Crippen molar-refractivity contribution in [3.8, 4) is 0 Å². The zero-order chi connectivity index (χ0) is 14.9. The van der Waals surface area contributed by atoms with Crippen molar-refractivity contribution in [2.24, 2.45) is 16.6 Å². The first kappa shape index (κ1) is 16.4. The molecular weight excluding hydrogens is 240 g/mol. The molecule has 19 heavy (non-hydrogen) atoms. The van der Waals surface area contributed by atoms with Crippen molar-refractivity contribution < 1.29 is 9.90 Å². The van der Waals surface area contributed by atoms with Crippen LogP contribution in [0.5, 0.6) is 0 Å². The molecule has 0 aromatic heterocycles. The quantitative estimate of drug-likeness (QED) is 0.732. The van der Waals surface area contributed by atoms with Crippen molar-refractivity contribution in [1.82, 2.24) is 5.32 Å². The molecule has 1 saturated carbocycles. The second kappa shape index (κ2) is 5.41. The average molecular weight is 270 g/mol. The zero-order valence-corrected chi connectivity index (χ0v) is 13.0. The van der Waals surface area contributed by atoms with E-state index in [0.29, 0.717) is 12.0 Å². The van der Waals surface area contributed by atoms with Crippen LogP contribution in [0.2, 0.25) is 0 Å². The van der Waals surface area contributed by atoms with E-state index >= 15 is 0 Å². The number of carbonyl (C=O) groups excluding carboxylic acids is 1. The third-order valence-electron chi connectivity index (χ3n) is 4.34. The molecule has 4 heteroatoms. The highest BCUT2D eigenvalue weighted by Crippen LogP contribution is 2.39. The van der Waals surface area contributed by atoms with Gasteiger partial charge in [-0.2, -0.15) is 0 Å². The third-order valence-corrected chi connectivity index (χ3v) is 4.34. The maximum absolute atomic E-state index is 12.0. The molecule has 0 unspecified atom stereocenters. The molecular formula is C15H30N2O2. The molecule has 0 aromatic rings. The van der Waals surface area contributed by atoms with Crippen LogP contribution in [-0.2, 0) is 4.79 Å². The largest absolute Gasteiger partial charge is 0.388 e. The Bertz CT molecular complexity index is 322. The molecule has 0 aliphatic heterocycles. The second-order valence-corrected chi connectivity index (χ2v) is 7.95. The Labute approximate surface area is 117 Å². The molecule has 1 aliphatic carbocycles. The fraction of sp³-hybridized carbons (Fsp3) is 0.933. The molecule has 4 N–H and O–H groups in total. The number of hydrogen-bond acceptors (Lipinski definition) is 3. The molecule has 0 bridgehead atoms. The van der Waals surface area contributed by atoms with E-state index in [4.69, 9.17) is 5.73 Å². The van der Waals surface area contributed by atoms with Crippen LogP contribution < -0.4 is 11.1 Å². The van der Waals surface area contributed by atoms with E-state index in [9.17, 15) is 9.90 Å². The van der Waals surface area contributed by atoms with Crippen LogP contribution in [0, 0.1) is 10.8 Å². The fourth-order valence-corrected chi connectivity index (χ4v) is 2.32. The summed E-state index contributed by atoms with van der Waals surface area (Å²) >= 11 is 0. The lowest BCUT2D eigenvalue weighted by Crippen LogP contribution is -2.53. The minimum absolute atomic E-state index is 0.175. The Balaban J connectivity index is 2.47. The Kier molecular flexibility index (Phi) is 4.68. The van der Waals surface area contributed by atoms with E-state index in [2.05, 4.69) is 19.2 Å². The summed E-state index contributed by atoms with van der Waals surface area (Å²) < 4.78 is 0. The van der Waals surface area contributed by atoms with E-state index in [-0.39, 0.29) is 11.3 Å². The van der Waals surface area contributed by atoms with Crippen molar-refractivity contribution in [1.29, 1.82) is 0 Å². The SMILES string of the molecule is CC1(C)CCC(O)(CNC(=O)[C@@H](N)C(C)(C)C)CC1. The molecule has 0 radical (unpaired) electrons. The highest BCUT2D eigenvalue weighted by Gasteiger charge is 2.37. The lowest BCUT2D eigenvalue weighted by molar-refractivity contribution is -0.126. The summed E-state index contributed by atoms with van der Waals surface area (Å²) in [5.41, 5.74) is 5.18. The van der Waals surface area contributed by atoms with Crippen LogP contribution in [0.25, 0.3) is 0 Å². The number of amides is 1. The normalized spacial score (nSPS) is 23.7. The summed E-state index contributed by atoms with van der Waals surface area (Å²) in [5.74, 6) is -0.175. The number of rotatable bonds is 3. The minimum Gasteiger partial charge on any atom is -0.388 e. The summed E-state index contributed by atoms with van der Waals surface area (Å²) in [6, 6.07) is -0.545. The molecule has 1 fully saturated rings. The van der Waals surface area contributed by atoms with Gasteiger partial charge in [-0.1, -0.05) is 34.6 Å². The zero-order valence-electron chi connectivity index (χ0n) is 13.0. The van der Waals surface area contributed by atoms with E-state index in [1.807, 2.05) is 20.8 Å². The predicted octanol–water partition coefficient (Wildman–Crippen LogP) is 1.81. The molecule has 4 nitrogen and oxygen atoms in total. The van der Waals surface area contributed by atoms with Crippen molar-refractivity contribution in [3.63, 3.8) is 0 Å². The first-order valence-electron chi connectivity index (χ1n) is 7.21. The number of nitrogens with two attached hydrogens (primary N) is 1. The van der Waals surface area contributed by atoms with Gasteiger partial charge < -0.3 is 16.2 Å². The standard InChI is InChI=1S/C15H30N2O2/c1-13(2,3)11(16)12(18)17-10-15(19)8-6-14(4,5)7-9-15/h11,19H,6-10,16H2,1-5H3,(H,17,18)/t11-/m1/s1. The van der Waals surface area contributed by atoms with Crippen LogP contribution in [0.1, 0.15) is 60.3 Å². The second-order valence-electron chi connectivity index (χ2n) is 7.95. The number of hydrogen-bond donors (Lipinski definition) is 3. The summed E-state index contributed by atoms with van der Waals surface area (Å²) in [6.45, 7) is 10.6. The smallest absolute Gasteiger partial charge is 0.237 e. The van der Waals surface area contributed by atoms with E-state index < -0.39 is 11.6 Å². The number of carbonyl (C=O) groups is 1. The summed E-state index contributed by atoms with van der Waals surface area (Å²) in [6.07, 6.45) is 3.46. The van der Waals surface area contributed by atoms with Gasteiger partial charge in [0.15, 0.2) is 0 Å². The molecule has 112 valence electrons. The summed E-state index contributed by atoms with van der Waals surface area (Å²) in [7, 11) is 0. The minimum atomic E-state index is -0.761. The van der Waals surface area contributed by atoms with Crippen molar-refractivity contribution in [2.75, 3.05) is 6.54 Å². The van der Waals surface area contributed by atoms with Gasteiger partial charge in [0.05, 0.1) is 11.6 Å². The lowest BCUT2D eigenvalue weighted by atomic mass is 9.71. The number of nitrogens with one attached hydrogen (secondary N) is 1. The highest BCUT2D eigenvalue weighted by atomic mass is 16.3. The highest BCUT2D eigenvalue weighted by molar-refractivity contribution is 5.82. The van der Waals surface area contributed by atoms with Crippen molar-refractivity contribution >= 4 is 5.91 Å². The van der Waals surface area contributed by atoms with Crippen LogP contribution in [0.3, 0.4) is 0 Å². The van der Waals surface area contributed by atoms with Gasteiger partial charge in [0.1, 0.15) is 0 Å². The Morgan fingerprint density at radius 2 is 1.74 bits per heavy atom. The van der Waals surface area contributed by atoms with Gasteiger partial charge in [0.25, 0.3) is 0 Å². The van der Waals surface area contributed by atoms with Gasteiger partial charge in [-0.15, -0.1) is 0 Å². The van der Waals surface area contributed by atoms with Crippen LogP contribution in [0.15, 0.2) is 0 Å². The first-order valence-corrected chi connectivity index (χ1v) is 7.21. The van der Waals surface area contributed by atoms with Gasteiger partial charge in [0, 0.05) is 6.54 Å². The number of aliphatic hydroxyl groups is 1. The Hall–Kier alpha value is -0.610. The van der Waals surface area contributed by atoms with Gasteiger partial charge in [0.2, 0.25) is 5.91 Å². The molecule has 0 saturated heterocycles. The molecule has 0 aromatic carbocycles. The Morgan fingerprint density at radius 1 is 1.26 bits per heavy atom. The summed E-state index contributed by atoms with van der Waals surface area (Å²) in [5, 5.41) is 13.3. The van der Waals surface area contributed by atoms with Crippen molar-refractivity contribution in [2.45, 2.75) is 71.9 Å². The predicted molar refractivity (Wildman–Crippen MR) is 77.6 cm³/mol. The van der Waals surface area contributed by atoms with Gasteiger partial charge >= 0.3 is 0 Å². The Morgan fingerprint density at radius 3 is 2.16 bits per heavy atom. The van der Waals surface area contributed by atoms with Gasteiger partial charge in [-0.3, -0.25) is 4.79 Å². The lowest BCUT2D eigenvalue weighted by Gasteiger charge is -2.40. The average Bonchev–Trinajstić information content (AvgIpc) is 2.29. The molecule has 0 heterocycles. The molecule has 0 spiro atoms. The monoisotopic (exact) mass is 270 g/mol. The van der Waals surface area contributed by atoms with Crippen LogP contribution in [0.4, 0.5) is 0 Å². The molecule has 1 atom stereocenters. The maximum atomic E-state index is 12.0.